The number of pyridine rings is 1. The summed E-state index contributed by atoms with van der Waals surface area (Å²) in [6, 6.07) is 10.6. The zero-order chi connectivity index (χ0) is 26.2. The molecular formula is C25H32F3N3O3S. The fraction of sp³-hybridized carbons (Fsp3) is 0.440. The van der Waals surface area contributed by atoms with Gasteiger partial charge in [0.2, 0.25) is 0 Å². The summed E-state index contributed by atoms with van der Waals surface area (Å²) in [7, 11) is 1.74. The normalized spacial score (nSPS) is 12.1. The van der Waals surface area contributed by atoms with E-state index in [2.05, 4.69) is 73.9 Å². The van der Waals surface area contributed by atoms with Gasteiger partial charge in [0.25, 0.3) is 0 Å². The zero-order valence-electron chi connectivity index (χ0n) is 20.6. The van der Waals surface area contributed by atoms with Crippen molar-refractivity contribution in [2.24, 2.45) is 0 Å². The van der Waals surface area contributed by atoms with Crippen molar-refractivity contribution in [2.75, 3.05) is 19.0 Å². The Kier molecular flexibility index (Phi) is 10.3. The third-order valence-corrected chi connectivity index (χ3v) is 6.48. The van der Waals surface area contributed by atoms with Crippen molar-refractivity contribution in [2.45, 2.75) is 63.3 Å². The number of imidazole rings is 1. The number of nitrogens with zero attached hydrogens (tertiary/aromatic N) is 2. The lowest BCUT2D eigenvalue weighted by Crippen LogP contribution is -2.21. The van der Waals surface area contributed by atoms with Crippen LogP contribution >= 0.6 is 11.8 Å². The minimum absolute atomic E-state index is 0.537. The molecule has 0 spiro atoms. The smallest absolute Gasteiger partial charge is 0.490 e. The Labute approximate surface area is 207 Å². The number of methoxy groups -OCH3 is 1. The third-order valence-electron chi connectivity index (χ3n) is 5.17. The monoisotopic (exact) mass is 511 g/mol. The number of aryl methyl sites for hydroxylation is 1. The standard InChI is InChI=1S/C23H31N3OS.C2HF3O2/c1-6-8-13-24-23-22(25-21-12-9-16(3)15-26(21)23)18-10-11-19(27-5)20(14-18)28-17(4)7-2;3-2(4,5)1(6)7/h9-12,14-15,17,24H,6-8,13H2,1-5H3;(H,6,7). The quantitative estimate of drug-likeness (QED) is 0.237. The van der Waals surface area contributed by atoms with Gasteiger partial charge in [0, 0.05) is 23.6 Å². The molecule has 0 saturated heterocycles. The molecule has 1 atom stereocenters. The molecule has 3 rings (SSSR count). The lowest BCUT2D eigenvalue weighted by Gasteiger charge is -2.14. The number of unbranched alkanes of at least 4 members (excludes halogenated alkanes) is 1. The molecule has 192 valence electrons. The minimum Gasteiger partial charge on any atom is -0.496 e. The van der Waals surface area contributed by atoms with E-state index in [9.17, 15) is 13.2 Å². The summed E-state index contributed by atoms with van der Waals surface area (Å²) in [5.74, 6) is -0.765. The van der Waals surface area contributed by atoms with Gasteiger partial charge in [-0.2, -0.15) is 13.2 Å². The number of halogens is 3. The van der Waals surface area contributed by atoms with E-state index in [1.54, 1.807) is 7.11 Å². The molecule has 10 heteroatoms. The first-order valence-corrected chi connectivity index (χ1v) is 12.3. The third kappa shape index (κ3) is 7.81. The first-order chi connectivity index (χ1) is 16.5. The van der Waals surface area contributed by atoms with Crippen LogP contribution in [-0.2, 0) is 4.79 Å². The van der Waals surface area contributed by atoms with E-state index in [1.807, 2.05) is 11.8 Å². The fourth-order valence-corrected chi connectivity index (χ4v) is 4.18. The van der Waals surface area contributed by atoms with Gasteiger partial charge in [-0.25, -0.2) is 9.78 Å². The predicted molar refractivity (Wildman–Crippen MR) is 135 cm³/mol. The highest BCUT2D eigenvalue weighted by molar-refractivity contribution is 8.00. The van der Waals surface area contributed by atoms with Crippen LogP contribution in [-0.4, -0.2) is 45.5 Å². The molecule has 0 aliphatic heterocycles. The van der Waals surface area contributed by atoms with Gasteiger partial charge in [0.1, 0.15) is 22.9 Å². The van der Waals surface area contributed by atoms with Crippen molar-refractivity contribution in [3.8, 4) is 17.0 Å². The number of nitrogens with one attached hydrogen (secondary N) is 1. The minimum atomic E-state index is -5.08. The highest BCUT2D eigenvalue weighted by Crippen LogP contribution is 2.38. The first kappa shape index (κ1) is 28.4. The molecule has 0 radical (unpaired) electrons. The summed E-state index contributed by atoms with van der Waals surface area (Å²) in [5, 5.41) is 11.3. The molecule has 2 aromatic heterocycles. The van der Waals surface area contributed by atoms with Crippen molar-refractivity contribution in [1.29, 1.82) is 0 Å². The van der Waals surface area contributed by atoms with Crippen molar-refractivity contribution < 1.29 is 27.8 Å². The fourth-order valence-electron chi connectivity index (χ4n) is 3.12. The summed E-state index contributed by atoms with van der Waals surface area (Å²) in [4.78, 5) is 15.0. The second kappa shape index (κ2) is 12.7. The molecule has 2 heterocycles. The maximum Gasteiger partial charge on any atom is 0.490 e. The molecule has 0 aliphatic rings. The number of alkyl halides is 3. The molecule has 35 heavy (non-hydrogen) atoms. The van der Waals surface area contributed by atoms with Crippen LogP contribution in [0.1, 0.15) is 45.6 Å². The van der Waals surface area contributed by atoms with Crippen LogP contribution in [0.15, 0.2) is 41.4 Å². The van der Waals surface area contributed by atoms with Gasteiger partial charge in [-0.15, -0.1) is 11.8 Å². The molecule has 2 N–H and O–H groups in total. The SMILES string of the molecule is CCCCNc1c(-c2ccc(OC)c(SC(C)CC)c2)nc2ccc(C)cn12.O=C(O)C(F)(F)F. The van der Waals surface area contributed by atoms with Crippen molar-refractivity contribution >= 4 is 29.2 Å². The Morgan fingerprint density at radius 1 is 1.26 bits per heavy atom. The average Bonchev–Trinajstić information content (AvgIpc) is 3.16. The average molecular weight is 512 g/mol. The molecular weight excluding hydrogens is 479 g/mol. The number of ether oxygens (including phenoxy) is 1. The molecule has 0 fully saturated rings. The van der Waals surface area contributed by atoms with Gasteiger partial charge in [-0.1, -0.05) is 33.3 Å². The summed E-state index contributed by atoms with van der Waals surface area (Å²) in [6.45, 7) is 9.73. The Hall–Kier alpha value is -2.88. The second-order valence-electron chi connectivity index (χ2n) is 8.03. The number of fused-ring (bicyclic) bond motifs is 1. The van der Waals surface area contributed by atoms with Crippen LogP contribution in [0.25, 0.3) is 16.9 Å². The molecule has 1 unspecified atom stereocenters. The number of aromatic nitrogens is 2. The van der Waals surface area contributed by atoms with Gasteiger partial charge >= 0.3 is 12.1 Å². The molecule has 0 amide bonds. The van der Waals surface area contributed by atoms with E-state index in [-0.39, 0.29) is 0 Å². The number of rotatable bonds is 9. The van der Waals surface area contributed by atoms with E-state index < -0.39 is 12.1 Å². The van der Waals surface area contributed by atoms with Gasteiger partial charge in [-0.3, -0.25) is 4.40 Å². The number of hydrogen-bond donors (Lipinski definition) is 2. The maximum absolute atomic E-state index is 10.6. The number of carboxylic acids is 1. The van der Waals surface area contributed by atoms with E-state index >= 15 is 0 Å². The van der Waals surface area contributed by atoms with Crippen molar-refractivity contribution in [3.63, 3.8) is 0 Å². The van der Waals surface area contributed by atoms with E-state index in [0.717, 1.165) is 54.3 Å². The van der Waals surface area contributed by atoms with Crippen molar-refractivity contribution in [1.82, 2.24) is 9.38 Å². The molecule has 0 bridgehead atoms. The highest BCUT2D eigenvalue weighted by Gasteiger charge is 2.38. The van der Waals surface area contributed by atoms with Gasteiger partial charge in [0.15, 0.2) is 0 Å². The molecule has 1 aromatic carbocycles. The maximum atomic E-state index is 10.6. The topological polar surface area (TPSA) is 75.9 Å². The van der Waals surface area contributed by atoms with Crippen molar-refractivity contribution in [3.05, 3.63) is 42.1 Å². The number of aliphatic carboxylic acids is 1. The summed E-state index contributed by atoms with van der Waals surface area (Å²) in [6.07, 6.45) is 0.487. The molecule has 0 saturated carbocycles. The number of benzene rings is 1. The Balaban J connectivity index is 0.000000540. The largest absolute Gasteiger partial charge is 0.496 e. The van der Waals surface area contributed by atoms with Crippen LogP contribution in [0.2, 0.25) is 0 Å². The molecule has 6 nitrogen and oxygen atoms in total. The van der Waals surface area contributed by atoms with Gasteiger partial charge < -0.3 is 15.2 Å². The Morgan fingerprint density at radius 2 is 1.94 bits per heavy atom. The Bertz CT molecular complexity index is 1130. The number of carboxylic acid groups (broad SMARTS) is 1. The summed E-state index contributed by atoms with van der Waals surface area (Å²) < 4.78 is 39.5. The number of hydrogen-bond acceptors (Lipinski definition) is 5. The Morgan fingerprint density at radius 3 is 2.51 bits per heavy atom. The van der Waals surface area contributed by atoms with E-state index in [1.165, 1.54) is 10.5 Å². The first-order valence-electron chi connectivity index (χ1n) is 11.4. The van der Waals surface area contributed by atoms with Crippen LogP contribution in [0.4, 0.5) is 19.0 Å². The van der Waals surface area contributed by atoms with Crippen LogP contribution in [0.3, 0.4) is 0 Å². The second-order valence-corrected chi connectivity index (χ2v) is 9.51. The number of anilines is 1. The van der Waals surface area contributed by atoms with Crippen LogP contribution in [0, 0.1) is 6.92 Å². The van der Waals surface area contributed by atoms with E-state index in [4.69, 9.17) is 19.6 Å². The number of carbonyl (C=O) groups is 1. The van der Waals surface area contributed by atoms with Crippen LogP contribution < -0.4 is 10.1 Å². The van der Waals surface area contributed by atoms with Gasteiger partial charge in [0.05, 0.1) is 12.0 Å². The lowest BCUT2D eigenvalue weighted by atomic mass is 10.1. The number of thioether (sulfide) groups is 1. The molecule has 3 aromatic rings. The highest BCUT2D eigenvalue weighted by atomic mass is 32.2. The zero-order valence-corrected chi connectivity index (χ0v) is 21.4. The van der Waals surface area contributed by atoms with E-state index in [0.29, 0.717) is 5.25 Å². The lowest BCUT2D eigenvalue weighted by molar-refractivity contribution is -0.192. The predicted octanol–water partition coefficient (Wildman–Crippen LogP) is 7.05. The van der Waals surface area contributed by atoms with Gasteiger partial charge in [-0.05, 0) is 49.6 Å². The summed E-state index contributed by atoms with van der Waals surface area (Å²) >= 11 is 1.86. The summed E-state index contributed by atoms with van der Waals surface area (Å²) in [5.41, 5.74) is 4.30. The van der Waals surface area contributed by atoms with Crippen LogP contribution in [0.5, 0.6) is 5.75 Å². The molecule has 0 aliphatic carbocycles.